The van der Waals surface area contributed by atoms with Crippen molar-refractivity contribution in [2.45, 2.75) is 51.6 Å². The third-order valence-corrected chi connectivity index (χ3v) is 4.43. The largest absolute Gasteiger partial charge is 0.507 e. The molecular weight excluding hydrogens is 376 g/mol. The molecule has 0 fully saturated rings. The Labute approximate surface area is 157 Å². The highest BCUT2D eigenvalue weighted by atomic mass is 32.3. The monoisotopic (exact) mass is 398 g/mol. The van der Waals surface area contributed by atoms with Gasteiger partial charge in [0.15, 0.2) is 0 Å². The van der Waals surface area contributed by atoms with E-state index in [0.29, 0.717) is 38.5 Å². The van der Waals surface area contributed by atoms with Gasteiger partial charge in [-0.05, 0) is 44.2 Å². The summed E-state index contributed by atoms with van der Waals surface area (Å²) in [5, 5.41) is 10.2. The minimum Gasteiger partial charge on any atom is -0.507 e. The minimum atomic E-state index is -4.79. The van der Waals surface area contributed by atoms with Crippen molar-refractivity contribution in [3.05, 3.63) is 29.3 Å². The van der Waals surface area contributed by atoms with Crippen molar-refractivity contribution in [2.75, 3.05) is 0 Å². The van der Waals surface area contributed by atoms with Crippen LogP contribution in [-0.2, 0) is 19.9 Å². The van der Waals surface area contributed by atoms with E-state index in [4.69, 9.17) is 9.29 Å². The molecule has 0 aromatic heterocycles. The van der Waals surface area contributed by atoms with Crippen LogP contribution in [-0.4, -0.2) is 35.9 Å². The van der Waals surface area contributed by atoms with Gasteiger partial charge in [0, 0.05) is 18.9 Å². The third-order valence-electron chi connectivity index (χ3n) is 4.03. The predicted octanol–water partition coefficient (Wildman–Crippen LogP) is 3.06. The number of phenols is 1. The molecule has 148 valence electrons. The van der Waals surface area contributed by atoms with Crippen molar-refractivity contribution in [3.63, 3.8) is 0 Å². The fraction of sp³-hybridized carbons (Fsp3) is 0.444. The molecule has 0 unspecified atom stereocenters. The Morgan fingerprint density at radius 2 is 1.89 bits per heavy atom. The fourth-order valence-electron chi connectivity index (χ4n) is 2.79. The molecule has 1 heterocycles. The second kappa shape index (κ2) is 9.01. The molecule has 0 saturated heterocycles. The van der Waals surface area contributed by atoms with E-state index >= 15 is 0 Å². The molecule has 2 rings (SSSR count). The number of ether oxygens (including phenoxy) is 1. The van der Waals surface area contributed by atoms with Crippen molar-refractivity contribution in [1.29, 1.82) is 0 Å². The minimum absolute atomic E-state index is 0.131. The number of fused-ring (bicyclic) bond motifs is 1. The van der Waals surface area contributed by atoms with E-state index in [1.54, 1.807) is 13.0 Å². The zero-order chi connectivity index (χ0) is 20.0. The topological polar surface area (TPSA) is 127 Å². The number of hydrogen-bond donors (Lipinski definition) is 2. The summed E-state index contributed by atoms with van der Waals surface area (Å²) in [5.74, 6) is -1.51. The number of ketones is 1. The molecule has 1 aromatic carbocycles. The van der Waals surface area contributed by atoms with Crippen molar-refractivity contribution in [2.24, 2.45) is 0 Å². The first-order valence-electron chi connectivity index (χ1n) is 8.59. The number of hydrogen-bond acceptors (Lipinski definition) is 7. The molecule has 1 aromatic rings. The van der Waals surface area contributed by atoms with Crippen molar-refractivity contribution in [1.82, 2.24) is 0 Å². The lowest BCUT2D eigenvalue weighted by Gasteiger charge is -2.16. The zero-order valence-electron chi connectivity index (χ0n) is 14.9. The van der Waals surface area contributed by atoms with Gasteiger partial charge in [-0.1, -0.05) is 12.2 Å². The molecular formula is C18H22O8S. The Kier molecular flexibility index (Phi) is 6.98. The van der Waals surface area contributed by atoms with Crippen LogP contribution in [0.3, 0.4) is 0 Å². The van der Waals surface area contributed by atoms with Gasteiger partial charge in [-0.2, -0.15) is 8.42 Å². The van der Waals surface area contributed by atoms with E-state index in [-0.39, 0.29) is 22.7 Å². The first-order chi connectivity index (χ1) is 12.7. The number of carbonyl (C=O) groups excluding carboxylic acids is 2. The first kappa shape index (κ1) is 20.9. The maximum Gasteiger partial charge on any atom is 0.446 e. The van der Waals surface area contributed by atoms with Crippen molar-refractivity contribution in [3.8, 4) is 11.5 Å². The second-order valence-electron chi connectivity index (χ2n) is 6.36. The van der Waals surface area contributed by atoms with Crippen LogP contribution in [0.4, 0.5) is 0 Å². The van der Waals surface area contributed by atoms with E-state index in [1.807, 2.05) is 0 Å². The van der Waals surface area contributed by atoms with Gasteiger partial charge in [0.2, 0.25) is 0 Å². The number of esters is 1. The van der Waals surface area contributed by atoms with Gasteiger partial charge < -0.3 is 14.0 Å². The Balaban J connectivity index is 2.40. The number of cyclic esters (lactones) is 1. The molecule has 0 aliphatic carbocycles. The van der Waals surface area contributed by atoms with E-state index in [1.165, 1.54) is 12.1 Å². The van der Waals surface area contributed by atoms with Crippen LogP contribution < -0.4 is 4.18 Å². The van der Waals surface area contributed by atoms with E-state index in [0.717, 1.165) is 6.07 Å². The SMILES string of the molecule is C[C@H]1CCCC(=O)CCC/C=C/c2cc(OS(=O)(=O)O)cc(O)c2C(=O)O1. The zero-order valence-corrected chi connectivity index (χ0v) is 15.7. The molecule has 0 spiro atoms. The average molecular weight is 398 g/mol. The van der Waals surface area contributed by atoms with Crippen LogP contribution in [0.5, 0.6) is 11.5 Å². The Morgan fingerprint density at radius 3 is 2.59 bits per heavy atom. The Bertz CT molecular complexity index is 841. The highest BCUT2D eigenvalue weighted by Crippen LogP contribution is 2.31. The quantitative estimate of drug-likeness (QED) is 0.575. The summed E-state index contributed by atoms with van der Waals surface area (Å²) in [6, 6.07) is 2.11. The van der Waals surface area contributed by atoms with Gasteiger partial charge in [0.25, 0.3) is 0 Å². The van der Waals surface area contributed by atoms with E-state index in [2.05, 4.69) is 4.18 Å². The van der Waals surface area contributed by atoms with Crippen LogP contribution in [0.15, 0.2) is 18.2 Å². The van der Waals surface area contributed by atoms with Crippen molar-refractivity contribution >= 4 is 28.2 Å². The number of phenolic OH excluding ortho intramolecular Hbond substituents is 1. The third kappa shape index (κ3) is 6.69. The van der Waals surface area contributed by atoms with Crippen LogP contribution in [0.2, 0.25) is 0 Å². The summed E-state index contributed by atoms with van der Waals surface area (Å²) in [5.41, 5.74) is 0.0446. The van der Waals surface area contributed by atoms with Gasteiger partial charge in [-0.15, -0.1) is 0 Å². The smallest absolute Gasteiger partial charge is 0.446 e. The molecule has 0 bridgehead atoms. The lowest BCUT2D eigenvalue weighted by atomic mass is 10.0. The summed E-state index contributed by atoms with van der Waals surface area (Å²) < 4.78 is 40.3. The highest BCUT2D eigenvalue weighted by Gasteiger charge is 2.22. The van der Waals surface area contributed by atoms with Crippen LogP contribution in [0, 0.1) is 0 Å². The van der Waals surface area contributed by atoms with Gasteiger partial charge >= 0.3 is 16.4 Å². The Morgan fingerprint density at radius 1 is 1.19 bits per heavy atom. The number of allylic oxidation sites excluding steroid dienone is 1. The molecule has 0 amide bonds. The van der Waals surface area contributed by atoms with E-state index in [9.17, 15) is 23.1 Å². The van der Waals surface area contributed by atoms with Crippen LogP contribution in [0.1, 0.15) is 61.4 Å². The standard InChI is InChI=1S/C18H22O8S/c1-12-6-5-9-14(19)8-4-2-3-7-13-10-15(26-27(22,23)24)11-16(20)17(13)18(21)25-12/h3,7,10-12,20H,2,4-6,8-9H2,1H3,(H,22,23,24)/b7-3+/t12-/m0/s1. The molecule has 27 heavy (non-hydrogen) atoms. The normalized spacial score (nSPS) is 20.9. The molecule has 8 nitrogen and oxygen atoms in total. The molecule has 0 saturated carbocycles. The van der Waals surface area contributed by atoms with Gasteiger partial charge in [0.05, 0.1) is 6.10 Å². The maximum atomic E-state index is 12.5. The van der Waals surface area contributed by atoms with Crippen LogP contribution >= 0.6 is 0 Å². The molecule has 2 N–H and O–H groups in total. The number of rotatable bonds is 2. The lowest BCUT2D eigenvalue weighted by Crippen LogP contribution is -2.17. The highest BCUT2D eigenvalue weighted by molar-refractivity contribution is 7.81. The first-order valence-corrected chi connectivity index (χ1v) is 9.95. The fourth-order valence-corrected chi connectivity index (χ4v) is 3.12. The molecule has 1 atom stereocenters. The van der Waals surface area contributed by atoms with Gasteiger partial charge in [-0.25, -0.2) is 4.79 Å². The Hall–Kier alpha value is -2.39. The lowest BCUT2D eigenvalue weighted by molar-refractivity contribution is -0.119. The number of Topliss-reactive ketones (excluding diaryl/α,β-unsaturated/α-hetero) is 1. The molecule has 1 aliphatic heterocycles. The van der Waals surface area contributed by atoms with E-state index < -0.39 is 28.2 Å². The maximum absolute atomic E-state index is 12.5. The summed E-state index contributed by atoms with van der Waals surface area (Å²) >= 11 is 0. The number of benzene rings is 1. The predicted molar refractivity (Wildman–Crippen MR) is 96.9 cm³/mol. The van der Waals surface area contributed by atoms with Gasteiger partial charge in [0.1, 0.15) is 22.8 Å². The number of carbonyl (C=O) groups is 2. The molecule has 9 heteroatoms. The summed E-state index contributed by atoms with van der Waals surface area (Å²) in [6.45, 7) is 1.69. The van der Waals surface area contributed by atoms with Gasteiger partial charge in [-0.3, -0.25) is 9.35 Å². The number of aromatic hydroxyl groups is 1. The average Bonchev–Trinajstić information content (AvgIpc) is 2.51. The van der Waals surface area contributed by atoms with Crippen LogP contribution in [0.25, 0.3) is 6.08 Å². The molecule has 1 aliphatic rings. The molecule has 0 radical (unpaired) electrons. The van der Waals surface area contributed by atoms with Crippen molar-refractivity contribution < 1.29 is 36.6 Å². The summed E-state index contributed by atoms with van der Waals surface area (Å²) in [4.78, 5) is 24.3. The second-order valence-corrected chi connectivity index (χ2v) is 7.38. The summed E-state index contributed by atoms with van der Waals surface area (Å²) in [6.07, 6.45) is 5.93. The summed E-state index contributed by atoms with van der Waals surface area (Å²) in [7, 11) is -4.79.